The largest absolute Gasteiger partial charge is 0.478 e. The second-order valence-electron chi connectivity index (χ2n) is 4.36. The van der Waals surface area contributed by atoms with Gasteiger partial charge in [0, 0.05) is 21.3 Å². The van der Waals surface area contributed by atoms with Gasteiger partial charge in [-0.2, -0.15) is 0 Å². The van der Waals surface area contributed by atoms with Crippen LogP contribution in [0.5, 0.6) is 0 Å². The van der Waals surface area contributed by atoms with Crippen molar-refractivity contribution in [2.24, 2.45) is 0 Å². The highest BCUT2D eigenvalue weighted by Crippen LogP contribution is 2.29. The normalized spacial score (nSPS) is 10.8. The monoisotopic (exact) mass is 269 g/mol. The Kier molecular flexibility index (Phi) is 2.80. The molecule has 1 aromatic carbocycles. The summed E-state index contributed by atoms with van der Waals surface area (Å²) in [5.74, 6) is -0.888. The Hall–Kier alpha value is -2.20. The van der Waals surface area contributed by atoms with E-state index in [-0.39, 0.29) is 0 Å². The third-order valence-corrected chi connectivity index (χ3v) is 3.94. The molecule has 0 fully saturated rings. The van der Waals surface area contributed by atoms with Crippen LogP contribution in [0.3, 0.4) is 0 Å². The number of carboxylic acid groups (broad SMARTS) is 1. The summed E-state index contributed by atoms with van der Waals surface area (Å²) in [6.45, 7) is 1.96. The van der Waals surface area contributed by atoms with E-state index in [9.17, 15) is 4.79 Å². The maximum Gasteiger partial charge on any atom is 0.336 e. The molecule has 0 saturated carbocycles. The van der Waals surface area contributed by atoms with E-state index in [2.05, 4.69) is 4.98 Å². The van der Waals surface area contributed by atoms with Crippen LogP contribution in [0, 0.1) is 6.92 Å². The summed E-state index contributed by atoms with van der Waals surface area (Å²) in [5.41, 5.74) is 3.31. The number of rotatable bonds is 2. The molecule has 0 unspecified atom stereocenters. The number of benzene rings is 1. The molecule has 94 valence electrons. The predicted molar refractivity (Wildman–Crippen MR) is 76.8 cm³/mol. The number of nitrogens with zero attached hydrogens (tertiary/aromatic N) is 1. The first kappa shape index (κ1) is 11.9. The Bertz CT molecular complexity index is 777. The molecule has 0 aliphatic rings. The Morgan fingerprint density at radius 2 is 2.05 bits per heavy atom. The zero-order valence-electron chi connectivity index (χ0n) is 10.3. The standard InChI is InChI=1S/C15H11NO2S/c1-9-2-3-10-6-11(4-5-13(10)16-9)14-7-12(8-19-14)15(17)18/h2-8H,1H3,(H,17,18). The number of aromatic carboxylic acids is 1. The smallest absolute Gasteiger partial charge is 0.336 e. The van der Waals surface area contributed by atoms with Gasteiger partial charge in [0.25, 0.3) is 0 Å². The van der Waals surface area contributed by atoms with Gasteiger partial charge >= 0.3 is 5.97 Å². The lowest BCUT2D eigenvalue weighted by atomic mass is 10.1. The van der Waals surface area contributed by atoms with Crippen molar-refractivity contribution >= 4 is 28.2 Å². The molecule has 3 aromatic rings. The summed E-state index contributed by atoms with van der Waals surface area (Å²) in [6.07, 6.45) is 0. The van der Waals surface area contributed by atoms with Gasteiger partial charge in [-0.25, -0.2) is 4.79 Å². The number of aromatic nitrogens is 1. The van der Waals surface area contributed by atoms with Crippen LogP contribution in [0.2, 0.25) is 0 Å². The van der Waals surface area contributed by atoms with E-state index in [1.807, 2.05) is 37.3 Å². The fraction of sp³-hybridized carbons (Fsp3) is 0.0667. The SMILES string of the molecule is Cc1ccc2cc(-c3cc(C(=O)O)cs3)ccc2n1. The van der Waals surface area contributed by atoms with E-state index >= 15 is 0 Å². The van der Waals surface area contributed by atoms with Gasteiger partial charge in [-0.15, -0.1) is 11.3 Å². The summed E-state index contributed by atoms with van der Waals surface area (Å²) in [4.78, 5) is 16.3. The average molecular weight is 269 g/mol. The van der Waals surface area contributed by atoms with Gasteiger partial charge in [0.2, 0.25) is 0 Å². The average Bonchev–Trinajstić information content (AvgIpc) is 2.88. The molecule has 2 heterocycles. The summed E-state index contributed by atoms with van der Waals surface area (Å²) in [6, 6.07) is 11.7. The number of carboxylic acids is 1. The first-order valence-corrected chi connectivity index (χ1v) is 6.71. The first-order chi connectivity index (χ1) is 9.13. The highest BCUT2D eigenvalue weighted by atomic mass is 32.1. The van der Waals surface area contributed by atoms with E-state index in [4.69, 9.17) is 5.11 Å². The number of pyridine rings is 1. The molecule has 1 N–H and O–H groups in total. The quantitative estimate of drug-likeness (QED) is 0.765. The minimum atomic E-state index is -0.888. The maximum absolute atomic E-state index is 10.9. The van der Waals surface area contributed by atoms with Gasteiger partial charge in [0.05, 0.1) is 11.1 Å². The van der Waals surface area contributed by atoms with Crippen LogP contribution >= 0.6 is 11.3 Å². The van der Waals surface area contributed by atoms with Crippen LogP contribution in [0.25, 0.3) is 21.3 Å². The van der Waals surface area contributed by atoms with Gasteiger partial charge in [-0.3, -0.25) is 4.98 Å². The fourth-order valence-corrected chi connectivity index (χ4v) is 2.86. The topological polar surface area (TPSA) is 50.2 Å². The third-order valence-electron chi connectivity index (χ3n) is 2.96. The van der Waals surface area contributed by atoms with E-state index in [1.54, 1.807) is 11.4 Å². The second kappa shape index (κ2) is 4.48. The lowest BCUT2D eigenvalue weighted by Crippen LogP contribution is -1.91. The van der Waals surface area contributed by atoms with E-state index in [0.717, 1.165) is 27.0 Å². The molecule has 0 aliphatic heterocycles. The lowest BCUT2D eigenvalue weighted by molar-refractivity contribution is 0.0697. The highest BCUT2D eigenvalue weighted by molar-refractivity contribution is 7.13. The molecule has 0 radical (unpaired) electrons. The molecule has 19 heavy (non-hydrogen) atoms. The Balaban J connectivity index is 2.09. The lowest BCUT2D eigenvalue weighted by Gasteiger charge is -2.02. The Morgan fingerprint density at radius 3 is 2.79 bits per heavy atom. The van der Waals surface area contributed by atoms with Crippen molar-refractivity contribution in [1.82, 2.24) is 4.98 Å². The molecule has 0 spiro atoms. The van der Waals surface area contributed by atoms with Crippen molar-refractivity contribution in [3.63, 3.8) is 0 Å². The van der Waals surface area contributed by atoms with Crippen molar-refractivity contribution in [2.75, 3.05) is 0 Å². The number of fused-ring (bicyclic) bond motifs is 1. The van der Waals surface area contributed by atoms with Crippen LogP contribution < -0.4 is 0 Å². The number of thiophene rings is 1. The summed E-state index contributed by atoms with van der Waals surface area (Å²) >= 11 is 1.44. The van der Waals surface area contributed by atoms with Crippen molar-refractivity contribution < 1.29 is 9.90 Å². The molecule has 0 bridgehead atoms. The maximum atomic E-state index is 10.9. The molecule has 0 amide bonds. The molecule has 3 nitrogen and oxygen atoms in total. The summed E-state index contributed by atoms with van der Waals surface area (Å²) in [5, 5.41) is 11.7. The van der Waals surface area contributed by atoms with Crippen LogP contribution in [0.15, 0.2) is 41.8 Å². The molecule has 3 rings (SSSR count). The minimum Gasteiger partial charge on any atom is -0.478 e. The van der Waals surface area contributed by atoms with Gasteiger partial charge in [-0.1, -0.05) is 12.1 Å². The van der Waals surface area contributed by atoms with Crippen molar-refractivity contribution in [3.8, 4) is 10.4 Å². The van der Waals surface area contributed by atoms with Crippen molar-refractivity contribution in [2.45, 2.75) is 6.92 Å². The molecular weight excluding hydrogens is 258 g/mol. The Labute approximate surface area is 114 Å². The van der Waals surface area contributed by atoms with Crippen LogP contribution in [0.1, 0.15) is 16.1 Å². The van der Waals surface area contributed by atoms with Crippen LogP contribution in [-0.2, 0) is 0 Å². The number of hydrogen-bond donors (Lipinski definition) is 1. The van der Waals surface area contributed by atoms with Crippen LogP contribution in [-0.4, -0.2) is 16.1 Å². The fourth-order valence-electron chi connectivity index (χ4n) is 1.98. The predicted octanol–water partition coefficient (Wildman–Crippen LogP) is 3.97. The number of hydrogen-bond acceptors (Lipinski definition) is 3. The molecule has 0 saturated heterocycles. The molecule has 4 heteroatoms. The van der Waals surface area contributed by atoms with Gasteiger partial charge in [-0.05, 0) is 36.8 Å². The van der Waals surface area contributed by atoms with Gasteiger partial charge < -0.3 is 5.11 Å². The van der Waals surface area contributed by atoms with E-state index < -0.39 is 5.97 Å². The van der Waals surface area contributed by atoms with Crippen LogP contribution in [0.4, 0.5) is 0 Å². The summed E-state index contributed by atoms with van der Waals surface area (Å²) in [7, 11) is 0. The number of carbonyl (C=O) groups is 1. The Morgan fingerprint density at radius 1 is 1.21 bits per heavy atom. The zero-order valence-corrected chi connectivity index (χ0v) is 11.1. The molecule has 0 aliphatic carbocycles. The highest BCUT2D eigenvalue weighted by Gasteiger charge is 2.08. The second-order valence-corrected chi connectivity index (χ2v) is 5.28. The van der Waals surface area contributed by atoms with E-state index in [1.165, 1.54) is 11.3 Å². The zero-order chi connectivity index (χ0) is 13.4. The number of aryl methyl sites for hydroxylation is 1. The first-order valence-electron chi connectivity index (χ1n) is 5.83. The van der Waals surface area contributed by atoms with E-state index in [0.29, 0.717) is 5.56 Å². The minimum absolute atomic E-state index is 0.335. The van der Waals surface area contributed by atoms with Gasteiger partial charge in [0.1, 0.15) is 0 Å². The molecular formula is C15H11NO2S. The molecule has 2 aromatic heterocycles. The van der Waals surface area contributed by atoms with Crippen molar-refractivity contribution in [3.05, 3.63) is 53.0 Å². The van der Waals surface area contributed by atoms with Crippen molar-refractivity contribution in [1.29, 1.82) is 0 Å². The third kappa shape index (κ3) is 2.22. The summed E-state index contributed by atoms with van der Waals surface area (Å²) < 4.78 is 0. The van der Waals surface area contributed by atoms with Gasteiger partial charge in [0.15, 0.2) is 0 Å². The molecule has 0 atom stereocenters.